The highest BCUT2D eigenvalue weighted by molar-refractivity contribution is 5.63. The average Bonchev–Trinajstić information content (AvgIpc) is 2.95. The number of carbonyl (C=O) groups is 1. The van der Waals surface area contributed by atoms with Crippen LogP contribution in [0.2, 0.25) is 0 Å². The molecule has 0 aliphatic rings. The Kier molecular flexibility index (Phi) is 7.21. The van der Waals surface area contributed by atoms with Crippen molar-refractivity contribution in [3.05, 3.63) is 65.4 Å². The minimum Gasteiger partial charge on any atom is -0.430 e. The number of ether oxygens (including phenoxy) is 2. The molecular formula is C21H26N2O3. The van der Waals surface area contributed by atoms with Gasteiger partial charge >= 0.3 is 6.16 Å². The van der Waals surface area contributed by atoms with Gasteiger partial charge in [0.2, 0.25) is 5.88 Å². The summed E-state index contributed by atoms with van der Waals surface area (Å²) in [5, 5.41) is 4.36. The maximum atomic E-state index is 12.0. The Morgan fingerprint density at radius 2 is 1.88 bits per heavy atom. The van der Waals surface area contributed by atoms with Crippen LogP contribution < -0.4 is 4.74 Å². The van der Waals surface area contributed by atoms with Crippen LogP contribution in [0.15, 0.2) is 59.7 Å². The van der Waals surface area contributed by atoms with Crippen molar-refractivity contribution in [2.75, 3.05) is 6.61 Å². The molecule has 26 heavy (non-hydrogen) atoms. The standard InChI is InChI=1S/C21H26N2O3/c1-16(2)9-8-10-17(3)13-14-25-21(24)26-20-15-18(4)22-23(20)19-11-6-5-7-12-19/h5-7,9,11-13,15H,8,10,14H2,1-4H3/b17-13+. The summed E-state index contributed by atoms with van der Waals surface area (Å²) in [5.74, 6) is 0.336. The van der Waals surface area contributed by atoms with E-state index in [2.05, 4.69) is 25.0 Å². The number of para-hydroxylation sites is 1. The Hall–Kier alpha value is -2.82. The lowest BCUT2D eigenvalue weighted by Crippen LogP contribution is -2.13. The highest BCUT2D eigenvalue weighted by atomic mass is 16.7. The van der Waals surface area contributed by atoms with E-state index in [1.807, 2.05) is 50.3 Å². The highest BCUT2D eigenvalue weighted by Crippen LogP contribution is 2.19. The lowest BCUT2D eigenvalue weighted by atomic mass is 10.1. The van der Waals surface area contributed by atoms with Gasteiger partial charge < -0.3 is 9.47 Å². The normalized spacial score (nSPS) is 11.2. The van der Waals surface area contributed by atoms with Crippen molar-refractivity contribution in [3.8, 4) is 11.6 Å². The summed E-state index contributed by atoms with van der Waals surface area (Å²) in [6.07, 6.45) is 5.29. The fourth-order valence-corrected chi connectivity index (χ4v) is 2.36. The Morgan fingerprint density at radius 3 is 2.58 bits per heavy atom. The van der Waals surface area contributed by atoms with Gasteiger partial charge in [-0.2, -0.15) is 5.10 Å². The van der Waals surface area contributed by atoms with E-state index in [0.29, 0.717) is 5.88 Å². The van der Waals surface area contributed by atoms with Crippen LogP contribution in [0.25, 0.3) is 5.69 Å². The number of hydrogen-bond donors (Lipinski definition) is 0. The van der Waals surface area contributed by atoms with Crippen molar-refractivity contribution in [3.63, 3.8) is 0 Å². The van der Waals surface area contributed by atoms with Crippen LogP contribution in [0, 0.1) is 6.92 Å². The zero-order valence-corrected chi connectivity index (χ0v) is 15.9. The molecule has 0 fully saturated rings. The van der Waals surface area contributed by atoms with Crippen LogP contribution in [-0.4, -0.2) is 22.5 Å². The van der Waals surface area contributed by atoms with E-state index in [9.17, 15) is 4.79 Å². The second-order valence-electron chi connectivity index (χ2n) is 6.41. The van der Waals surface area contributed by atoms with E-state index in [1.54, 1.807) is 10.7 Å². The molecule has 1 aromatic heterocycles. The van der Waals surface area contributed by atoms with E-state index in [1.165, 1.54) is 11.1 Å². The first-order valence-electron chi connectivity index (χ1n) is 8.71. The van der Waals surface area contributed by atoms with E-state index >= 15 is 0 Å². The van der Waals surface area contributed by atoms with E-state index in [4.69, 9.17) is 9.47 Å². The number of allylic oxidation sites excluding steroid dienone is 3. The molecule has 138 valence electrons. The molecule has 5 heteroatoms. The minimum absolute atomic E-state index is 0.192. The number of carbonyl (C=O) groups excluding carboxylic acids is 1. The Bertz CT molecular complexity index is 785. The summed E-state index contributed by atoms with van der Waals surface area (Å²) >= 11 is 0. The Morgan fingerprint density at radius 1 is 1.15 bits per heavy atom. The third kappa shape index (κ3) is 6.24. The molecule has 0 N–H and O–H groups in total. The van der Waals surface area contributed by atoms with Crippen LogP contribution >= 0.6 is 0 Å². The number of aryl methyl sites for hydroxylation is 1. The largest absolute Gasteiger partial charge is 0.515 e. The maximum Gasteiger partial charge on any atom is 0.515 e. The van der Waals surface area contributed by atoms with Gasteiger partial charge in [0.1, 0.15) is 6.61 Å². The predicted octanol–water partition coefficient (Wildman–Crippen LogP) is 5.39. The highest BCUT2D eigenvalue weighted by Gasteiger charge is 2.13. The van der Waals surface area contributed by atoms with E-state index in [0.717, 1.165) is 24.2 Å². The Labute approximate surface area is 154 Å². The molecule has 2 aromatic rings. The molecule has 0 aliphatic heterocycles. The van der Waals surface area contributed by atoms with E-state index in [-0.39, 0.29) is 6.61 Å². The minimum atomic E-state index is -0.740. The van der Waals surface area contributed by atoms with Gasteiger partial charge in [-0.05, 0) is 58.7 Å². The number of rotatable bonds is 7. The molecule has 0 saturated carbocycles. The third-order valence-electron chi connectivity index (χ3n) is 3.71. The first kappa shape index (κ1) is 19.5. The third-order valence-corrected chi connectivity index (χ3v) is 3.71. The Balaban J connectivity index is 1.90. The first-order valence-corrected chi connectivity index (χ1v) is 8.71. The lowest BCUT2D eigenvalue weighted by molar-refractivity contribution is 0.107. The van der Waals surface area contributed by atoms with Crippen molar-refractivity contribution in [1.29, 1.82) is 0 Å². The van der Waals surface area contributed by atoms with Crippen LogP contribution in [0.4, 0.5) is 4.79 Å². The summed E-state index contributed by atoms with van der Waals surface area (Å²) in [5.41, 5.74) is 4.06. The molecule has 1 heterocycles. The van der Waals surface area contributed by atoms with Crippen molar-refractivity contribution in [2.24, 2.45) is 0 Å². The summed E-state index contributed by atoms with van der Waals surface area (Å²) in [4.78, 5) is 12.0. The number of hydrogen-bond acceptors (Lipinski definition) is 4. The molecule has 0 unspecified atom stereocenters. The van der Waals surface area contributed by atoms with Crippen LogP contribution in [-0.2, 0) is 4.74 Å². The summed E-state index contributed by atoms with van der Waals surface area (Å²) < 4.78 is 12.0. The van der Waals surface area contributed by atoms with Crippen LogP contribution in [0.1, 0.15) is 39.3 Å². The number of nitrogens with zero attached hydrogens (tertiary/aromatic N) is 2. The SMILES string of the molecule is CC(C)=CCC/C(C)=C/COC(=O)Oc1cc(C)nn1-c1ccccc1. The zero-order valence-electron chi connectivity index (χ0n) is 15.9. The smallest absolute Gasteiger partial charge is 0.430 e. The molecule has 0 spiro atoms. The topological polar surface area (TPSA) is 53.4 Å². The molecule has 5 nitrogen and oxygen atoms in total. The van der Waals surface area contributed by atoms with Gasteiger partial charge in [-0.3, -0.25) is 0 Å². The number of aromatic nitrogens is 2. The summed E-state index contributed by atoms with van der Waals surface area (Å²) in [6, 6.07) is 11.2. The van der Waals surface area contributed by atoms with Gasteiger partial charge in [-0.15, -0.1) is 0 Å². The molecule has 0 saturated heterocycles. The molecule has 0 amide bonds. The zero-order chi connectivity index (χ0) is 18.9. The molecule has 1 aromatic carbocycles. The first-order chi connectivity index (χ1) is 12.5. The molecule has 2 rings (SSSR count). The monoisotopic (exact) mass is 354 g/mol. The fraction of sp³-hybridized carbons (Fsp3) is 0.333. The summed E-state index contributed by atoms with van der Waals surface area (Å²) in [7, 11) is 0. The molecule has 0 bridgehead atoms. The lowest BCUT2D eigenvalue weighted by Gasteiger charge is -2.07. The molecule has 0 aliphatic carbocycles. The van der Waals surface area contributed by atoms with Crippen LogP contribution in [0.5, 0.6) is 5.88 Å². The van der Waals surface area contributed by atoms with Crippen molar-refractivity contribution >= 4 is 6.16 Å². The molecule has 0 atom stereocenters. The van der Waals surface area contributed by atoms with Crippen LogP contribution in [0.3, 0.4) is 0 Å². The van der Waals surface area contributed by atoms with Gasteiger partial charge in [0, 0.05) is 6.07 Å². The summed E-state index contributed by atoms with van der Waals surface area (Å²) in [6.45, 7) is 8.23. The number of benzene rings is 1. The molecular weight excluding hydrogens is 328 g/mol. The van der Waals surface area contributed by atoms with Gasteiger partial charge in [-0.1, -0.05) is 35.4 Å². The van der Waals surface area contributed by atoms with Gasteiger partial charge in [0.15, 0.2) is 0 Å². The van der Waals surface area contributed by atoms with Crippen molar-refractivity contribution in [1.82, 2.24) is 9.78 Å². The average molecular weight is 354 g/mol. The van der Waals surface area contributed by atoms with Gasteiger partial charge in [0.05, 0.1) is 11.4 Å². The second kappa shape index (κ2) is 9.61. The van der Waals surface area contributed by atoms with Gasteiger partial charge in [-0.25, -0.2) is 9.48 Å². The van der Waals surface area contributed by atoms with Crippen molar-refractivity contribution in [2.45, 2.75) is 40.5 Å². The predicted molar refractivity (Wildman–Crippen MR) is 103 cm³/mol. The fourth-order valence-electron chi connectivity index (χ4n) is 2.36. The van der Waals surface area contributed by atoms with Crippen molar-refractivity contribution < 1.29 is 14.3 Å². The maximum absolute atomic E-state index is 12.0. The quantitative estimate of drug-likeness (QED) is 0.494. The van der Waals surface area contributed by atoms with Gasteiger partial charge in [0.25, 0.3) is 0 Å². The van der Waals surface area contributed by atoms with E-state index < -0.39 is 6.16 Å². The molecule has 0 radical (unpaired) electrons. The second-order valence-corrected chi connectivity index (χ2v) is 6.41.